The number of aliphatic hydroxyl groups excluding tert-OH is 4. The summed E-state index contributed by atoms with van der Waals surface area (Å²) in [7, 11) is -4.69. The van der Waals surface area contributed by atoms with Crippen molar-refractivity contribution in [3.8, 4) is 0 Å². The summed E-state index contributed by atoms with van der Waals surface area (Å²) in [4.78, 5) is 113. The summed E-state index contributed by atoms with van der Waals surface area (Å²) in [5.74, 6) is -4.73. The molecule has 0 radical (unpaired) electrons. The first-order valence-electron chi connectivity index (χ1n) is 59.8. The lowest BCUT2D eigenvalue weighted by atomic mass is 9.95. The first-order chi connectivity index (χ1) is 69.1. The fraction of sp³-hybridized carbons (Fsp3) is 0.923. The highest BCUT2D eigenvalue weighted by Crippen LogP contribution is 2.43. The Kier molecular flexibility index (Phi) is 88.8. The SMILES string of the molecule is CCCCCC/C=C\CCCCCCCC(=O)OC(CCCCCCCCCCC)CC(=O)NC1[C@H](OCC2OC(OP(C)(=O)O)C(NC(=O)CC(CCCCCCCCCCC)OC(=O)CCCCCCCCCCCCCCC)[C@@H](OC(=O)CC(O)CCCCCCCCCCC)[C@@H]2O)OC(CO)C(O)[C@@H]1OC(=O)CC(CCCCCCCCCCC)OC(=O)CCCCCCCCCCCCCCC. The van der Waals surface area contributed by atoms with Crippen molar-refractivity contribution in [1.82, 2.24) is 10.6 Å². The standard InChI is InChI=1S/C117H219N2O22P/c1-9-16-23-30-37-44-47-50-53-60-67-74-81-88-105(124)134-98(85-78-71-64-57-41-34-27-20-13-5)92-103(122)118-110-114(140-109(128)94-100(87-80-73-66-59-43-36-29-22-15-7)136-107(126)90-83-76-69-62-55-52-49-46-39-32-25-18-11-3)112(129)101(95-120)137-116(110)133-96-102-113(130)115(139-108(127)91-97(121)84-77-70-63-56-40-33-26-19-12-4)111(117(138-102)141-142(8,131)132)119-104(123)93-99(86-79-72-65-58-42-35-28-21-14-6)135-106(125)89-82-75-68-61-54-51-48-45-38-31-24-17-10-2/h44,47,97-102,110-117,120-121,129-130H,9-43,45-46,48-96H2,1-8H3,(H,118,122)(H,119,123)(H,131,132)/b47-44-/t97?,98?,99?,100?,101?,102?,110?,111?,112?,113-,114-,115-,116-,117?/m1/s1. The third-order valence-electron chi connectivity index (χ3n) is 28.6. The molecule has 2 heterocycles. The van der Waals surface area contributed by atoms with Crippen LogP contribution in [0.1, 0.15) is 588 Å². The number of hydrogen-bond acceptors (Lipinski definition) is 21. The Morgan fingerprint density at radius 1 is 0.317 bits per heavy atom. The van der Waals surface area contributed by atoms with Gasteiger partial charge in [-0.3, -0.25) is 42.7 Å². The summed E-state index contributed by atoms with van der Waals surface area (Å²) in [6.45, 7) is 14.6. The van der Waals surface area contributed by atoms with Gasteiger partial charge in [-0.05, 0) is 89.9 Å². The summed E-state index contributed by atoms with van der Waals surface area (Å²) >= 11 is 0. The molecule has 2 rings (SSSR count). The Morgan fingerprint density at radius 3 is 0.866 bits per heavy atom. The Morgan fingerprint density at radius 2 is 0.563 bits per heavy atom. The van der Waals surface area contributed by atoms with E-state index < -0.39 is 167 Å². The summed E-state index contributed by atoms with van der Waals surface area (Å²) < 4.78 is 70.3. The third-order valence-corrected chi connectivity index (χ3v) is 29.2. The van der Waals surface area contributed by atoms with Gasteiger partial charge < -0.3 is 73.8 Å². The predicted octanol–water partition coefficient (Wildman–Crippen LogP) is 29.4. The van der Waals surface area contributed by atoms with Gasteiger partial charge in [-0.15, -0.1) is 0 Å². The molecule has 2 aliphatic rings. The number of allylic oxidation sites excluding steroid dienone is 2. The highest BCUT2D eigenvalue weighted by Gasteiger charge is 2.53. The quantitative estimate of drug-likeness (QED) is 0.00978. The van der Waals surface area contributed by atoms with Gasteiger partial charge in [0.15, 0.2) is 24.8 Å². The van der Waals surface area contributed by atoms with Crippen molar-refractivity contribution in [2.24, 2.45) is 0 Å². The highest BCUT2D eigenvalue weighted by molar-refractivity contribution is 7.51. The van der Waals surface area contributed by atoms with Crippen LogP contribution in [0, 0.1) is 0 Å². The Hall–Kier alpha value is -4.10. The molecular formula is C117H219N2O22P. The molecule has 0 aromatic heterocycles. The zero-order valence-electron chi connectivity index (χ0n) is 92.2. The van der Waals surface area contributed by atoms with E-state index in [9.17, 15) is 53.9 Å². The zero-order valence-corrected chi connectivity index (χ0v) is 93.1. The van der Waals surface area contributed by atoms with Crippen molar-refractivity contribution < 1.29 is 106 Å². The number of esters is 5. The number of unbranched alkanes of at least 4 members (excludes halogenated alkanes) is 65. The van der Waals surface area contributed by atoms with Gasteiger partial charge in [0, 0.05) is 25.9 Å². The number of nitrogens with one attached hydrogen (secondary N) is 2. The smallest absolute Gasteiger partial charge is 0.327 e. The molecule has 834 valence electrons. The highest BCUT2D eigenvalue weighted by atomic mass is 31.2. The molecule has 0 aromatic rings. The van der Waals surface area contributed by atoms with Gasteiger partial charge in [0.1, 0.15) is 54.8 Å². The molecule has 0 spiro atoms. The fourth-order valence-electron chi connectivity index (χ4n) is 19.7. The second-order valence-electron chi connectivity index (χ2n) is 42.5. The summed E-state index contributed by atoms with van der Waals surface area (Å²) in [6, 6.07) is -3.43. The second-order valence-corrected chi connectivity index (χ2v) is 44.3. The van der Waals surface area contributed by atoms with E-state index >= 15 is 9.59 Å². The summed E-state index contributed by atoms with van der Waals surface area (Å²) in [6.07, 6.45) is 63.9. The van der Waals surface area contributed by atoms with E-state index in [0.29, 0.717) is 64.2 Å². The molecule has 2 aliphatic heterocycles. The van der Waals surface area contributed by atoms with Gasteiger partial charge in [-0.2, -0.15) is 0 Å². The van der Waals surface area contributed by atoms with Crippen LogP contribution in [0.3, 0.4) is 0 Å². The molecule has 0 bridgehead atoms. The Bertz CT molecular complexity index is 3050. The van der Waals surface area contributed by atoms with E-state index in [1.54, 1.807) is 0 Å². The second kappa shape index (κ2) is 94.1. The van der Waals surface area contributed by atoms with Crippen LogP contribution in [0.5, 0.6) is 0 Å². The predicted molar refractivity (Wildman–Crippen MR) is 575 cm³/mol. The van der Waals surface area contributed by atoms with Gasteiger partial charge in [0.05, 0.1) is 45.0 Å². The van der Waals surface area contributed by atoms with Gasteiger partial charge in [-0.25, -0.2) is 0 Å². The lowest BCUT2D eigenvalue weighted by Gasteiger charge is -2.46. The van der Waals surface area contributed by atoms with Gasteiger partial charge in [0.2, 0.25) is 11.8 Å². The number of aliphatic hydroxyl groups is 4. The average Bonchev–Trinajstić information content (AvgIpc) is 0.784. The molecule has 2 amide bonds. The molecular weight excluding hydrogens is 1820 g/mol. The Labute approximate surface area is 866 Å². The van der Waals surface area contributed by atoms with E-state index in [2.05, 4.69) is 71.3 Å². The van der Waals surface area contributed by atoms with E-state index in [-0.39, 0.29) is 32.1 Å². The molecule has 0 aliphatic carbocycles. The number of ether oxygens (including phenoxy) is 8. The largest absolute Gasteiger partial charge is 0.462 e. The van der Waals surface area contributed by atoms with Crippen LogP contribution >= 0.6 is 7.60 Å². The number of amides is 2. The van der Waals surface area contributed by atoms with Crippen LogP contribution in [-0.4, -0.2) is 173 Å². The third kappa shape index (κ3) is 75.6. The average molecular weight is 2040 g/mol. The lowest BCUT2D eigenvalue weighted by molar-refractivity contribution is -0.297. The first-order valence-corrected chi connectivity index (χ1v) is 61.9. The topological polar surface area (TPSA) is 345 Å². The van der Waals surface area contributed by atoms with E-state index in [0.717, 1.165) is 251 Å². The van der Waals surface area contributed by atoms with E-state index in [1.165, 1.54) is 180 Å². The van der Waals surface area contributed by atoms with Crippen molar-refractivity contribution in [2.45, 2.75) is 674 Å². The van der Waals surface area contributed by atoms with E-state index in [1.807, 2.05) is 0 Å². The number of carbonyl (C=O) groups is 7. The van der Waals surface area contributed by atoms with Crippen molar-refractivity contribution in [3.05, 3.63) is 12.2 Å². The summed E-state index contributed by atoms with van der Waals surface area (Å²) in [5, 5.41) is 53.8. The molecule has 7 N–H and O–H groups in total. The molecule has 142 heavy (non-hydrogen) atoms. The van der Waals surface area contributed by atoms with Crippen LogP contribution in [0.15, 0.2) is 12.2 Å². The zero-order chi connectivity index (χ0) is 104. The van der Waals surface area contributed by atoms with Crippen molar-refractivity contribution in [3.63, 3.8) is 0 Å². The molecule has 15 atom stereocenters. The van der Waals surface area contributed by atoms with Crippen molar-refractivity contribution in [1.29, 1.82) is 0 Å². The van der Waals surface area contributed by atoms with Crippen molar-refractivity contribution in [2.75, 3.05) is 19.9 Å². The Balaban J connectivity index is 2.82. The summed E-state index contributed by atoms with van der Waals surface area (Å²) in [5.41, 5.74) is 0. The number of hydrogen-bond donors (Lipinski definition) is 7. The normalized spacial score (nSPS) is 19.5. The fourth-order valence-corrected chi connectivity index (χ4v) is 20.3. The van der Waals surface area contributed by atoms with Crippen LogP contribution in [0.25, 0.3) is 0 Å². The molecule has 2 saturated heterocycles. The lowest BCUT2D eigenvalue weighted by Crippen LogP contribution is -2.67. The minimum atomic E-state index is -4.69. The van der Waals surface area contributed by atoms with Crippen LogP contribution in [0.2, 0.25) is 0 Å². The van der Waals surface area contributed by atoms with Gasteiger partial charge in [-0.1, -0.05) is 465 Å². The first kappa shape index (κ1) is 134. The van der Waals surface area contributed by atoms with Gasteiger partial charge >= 0.3 is 37.4 Å². The van der Waals surface area contributed by atoms with Crippen LogP contribution in [-0.2, 0) is 80.5 Å². The molecule has 11 unspecified atom stereocenters. The molecule has 2 fully saturated rings. The number of rotatable bonds is 102. The molecule has 24 nitrogen and oxygen atoms in total. The molecule has 25 heteroatoms. The molecule has 0 aromatic carbocycles. The minimum absolute atomic E-state index is 0.141. The minimum Gasteiger partial charge on any atom is -0.462 e. The molecule has 0 saturated carbocycles. The monoisotopic (exact) mass is 2040 g/mol. The number of carbonyl (C=O) groups excluding carboxylic acids is 7. The maximum Gasteiger partial charge on any atom is 0.327 e. The van der Waals surface area contributed by atoms with Crippen LogP contribution < -0.4 is 10.6 Å². The maximum absolute atomic E-state index is 15.3. The van der Waals surface area contributed by atoms with Gasteiger partial charge in [0.25, 0.3) is 0 Å². The van der Waals surface area contributed by atoms with Crippen LogP contribution in [0.4, 0.5) is 0 Å². The maximum atomic E-state index is 15.3. The van der Waals surface area contributed by atoms with E-state index in [4.69, 9.17) is 42.4 Å². The van der Waals surface area contributed by atoms with Crippen molar-refractivity contribution >= 4 is 49.3 Å².